The normalized spacial score (nSPS) is 30.1. The van der Waals surface area contributed by atoms with Crippen LogP contribution in [-0.2, 0) is 0 Å². The molecule has 1 aromatic rings. The molecule has 1 aromatic carbocycles. The first-order chi connectivity index (χ1) is 8.58. The Bertz CT molecular complexity index is 385. The summed E-state index contributed by atoms with van der Waals surface area (Å²) in [4.78, 5) is 0. The van der Waals surface area contributed by atoms with E-state index in [-0.39, 0.29) is 0 Å². The molecule has 4 unspecified atom stereocenters. The topological polar surface area (TPSA) is 12.0 Å². The lowest BCUT2D eigenvalue weighted by atomic mass is 9.79. The van der Waals surface area contributed by atoms with E-state index in [1.807, 2.05) is 0 Å². The largest absolute Gasteiger partial charge is 0.307 e. The first kappa shape index (κ1) is 13.6. The molecule has 1 aliphatic rings. The smallest absolute Gasteiger partial charge is 0.0297 e. The molecule has 4 atom stereocenters. The van der Waals surface area contributed by atoms with Gasteiger partial charge in [0.1, 0.15) is 0 Å². The number of aryl methyl sites for hydroxylation is 1. The Kier molecular flexibility index (Phi) is 4.45. The van der Waals surface area contributed by atoms with Crippen molar-refractivity contribution in [2.24, 2.45) is 11.8 Å². The summed E-state index contributed by atoms with van der Waals surface area (Å²) in [6.07, 6.45) is 4.08. The van der Waals surface area contributed by atoms with Crippen LogP contribution in [0.25, 0.3) is 0 Å². The Balaban J connectivity index is 1.99. The van der Waals surface area contributed by atoms with Crippen LogP contribution in [0.1, 0.15) is 57.2 Å². The van der Waals surface area contributed by atoms with Crippen LogP contribution in [0.15, 0.2) is 24.3 Å². The predicted molar refractivity (Wildman–Crippen MR) is 78.7 cm³/mol. The van der Waals surface area contributed by atoms with Gasteiger partial charge in [0.2, 0.25) is 0 Å². The molecule has 1 saturated carbocycles. The van der Waals surface area contributed by atoms with Gasteiger partial charge in [0.25, 0.3) is 0 Å². The third-order valence-electron chi connectivity index (χ3n) is 4.55. The molecule has 1 N–H and O–H groups in total. The van der Waals surface area contributed by atoms with Gasteiger partial charge >= 0.3 is 0 Å². The van der Waals surface area contributed by atoms with Gasteiger partial charge in [-0.25, -0.2) is 0 Å². The summed E-state index contributed by atoms with van der Waals surface area (Å²) in [5.41, 5.74) is 2.85. The number of rotatable bonds is 3. The van der Waals surface area contributed by atoms with E-state index in [9.17, 15) is 0 Å². The maximum atomic E-state index is 3.85. The lowest BCUT2D eigenvalue weighted by Crippen LogP contribution is -2.40. The van der Waals surface area contributed by atoms with Crippen molar-refractivity contribution in [3.63, 3.8) is 0 Å². The van der Waals surface area contributed by atoms with Gasteiger partial charge in [-0.2, -0.15) is 0 Å². The van der Waals surface area contributed by atoms with Gasteiger partial charge in [-0.3, -0.25) is 0 Å². The second kappa shape index (κ2) is 5.88. The number of benzene rings is 1. The molecule has 0 spiro atoms. The second-order valence-electron chi connectivity index (χ2n) is 6.25. The molecule has 0 aromatic heterocycles. The van der Waals surface area contributed by atoms with Crippen LogP contribution in [0.5, 0.6) is 0 Å². The van der Waals surface area contributed by atoms with Gasteiger partial charge < -0.3 is 5.32 Å². The van der Waals surface area contributed by atoms with Gasteiger partial charge in [0.05, 0.1) is 0 Å². The van der Waals surface area contributed by atoms with Gasteiger partial charge in [0.15, 0.2) is 0 Å². The zero-order valence-electron chi connectivity index (χ0n) is 12.2. The Morgan fingerprint density at radius 2 is 1.89 bits per heavy atom. The standard InChI is InChI=1S/C17H27N/c1-12-9-10-17(14(3)11-12)18-15(4)16-8-6-5-7-13(16)2/h5-8,12,14-15,17-18H,9-11H2,1-4H3. The fraction of sp³-hybridized carbons (Fsp3) is 0.647. The third-order valence-corrected chi connectivity index (χ3v) is 4.55. The minimum atomic E-state index is 0.465. The Morgan fingerprint density at radius 1 is 1.17 bits per heavy atom. The van der Waals surface area contributed by atoms with Gasteiger partial charge in [-0.15, -0.1) is 0 Å². The van der Waals surface area contributed by atoms with Crippen molar-refractivity contribution in [2.45, 2.75) is 59.0 Å². The summed E-state index contributed by atoms with van der Waals surface area (Å²) in [6, 6.07) is 9.88. The van der Waals surface area contributed by atoms with Crippen LogP contribution < -0.4 is 5.32 Å². The number of nitrogens with one attached hydrogen (secondary N) is 1. The Hall–Kier alpha value is -0.820. The molecule has 0 amide bonds. The molecule has 100 valence electrons. The average Bonchev–Trinajstić information content (AvgIpc) is 2.33. The molecule has 1 nitrogen and oxygen atoms in total. The third kappa shape index (κ3) is 3.14. The highest BCUT2D eigenvalue weighted by atomic mass is 15.0. The fourth-order valence-electron chi connectivity index (χ4n) is 3.40. The van der Waals surface area contributed by atoms with Crippen LogP contribution in [-0.4, -0.2) is 6.04 Å². The van der Waals surface area contributed by atoms with E-state index in [0.717, 1.165) is 11.8 Å². The zero-order valence-corrected chi connectivity index (χ0v) is 12.2. The first-order valence-electron chi connectivity index (χ1n) is 7.39. The van der Waals surface area contributed by atoms with Crippen molar-refractivity contribution in [3.05, 3.63) is 35.4 Å². The molecule has 0 radical (unpaired) electrons. The molecule has 0 heterocycles. The van der Waals surface area contributed by atoms with Crippen LogP contribution in [0.4, 0.5) is 0 Å². The van der Waals surface area contributed by atoms with E-state index >= 15 is 0 Å². The summed E-state index contributed by atoms with van der Waals surface area (Å²) in [7, 11) is 0. The number of hydrogen-bond acceptors (Lipinski definition) is 1. The Labute approximate surface area is 112 Å². The van der Waals surface area contributed by atoms with Gasteiger partial charge in [0, 0.05) is 12.1 Å². The first-order valence-corrected chi connectivity index (χ1v) is 7.39. The SMILES string of the molecule is Cc1ccccc1C(C)NC1CCC(C)CC1C. The molecule has 1 aliphatic carbocycles. The predicted octanol–water partition coefficient (Wildman–Crippen LogP) is 4.47. The maximum Gasteiger partial charge on any atom is 0.0297 e. The second-order valence-corrected chi connectivity index (χ2v) is 6.25. The summed E-state index contributed by atoms with van der Waals surface area (Å²) in [5.74, 6) is 1.71. The van der Waals surface area contributed by atoms with E-state index in [0.29, 0.717) is 12.1 Å². The molecule has 1 heteroatoms. The highest BCUT2D eigenvalue weighted by molar-refractivity contribution is 5.28. The summed E-state index contributed by atoms with van der Waals surface area (Å²) < 4.78 is 0. The van der Waals surface area contributed by atoms with E-state index in [2.05, 4.69) is 57.3 Å². The summed E-state index contributed by atoms with van der Waals surface area (Å²) in [5, 5.41) is 3.85. The monoisotopic (exact) mass is 245 g/mol. The van der Waals surface area contributed by atoms with Crippen molar-refractivity contribution in [3.8, 4) is 0 Å². The van der Waals surface area contributed by atoms with Crippen molar-refractivity contribution in [2.75, 3.05) is 0 Å². The highest BCUT2D eigenvalue weighted by Gasteiger charge is 2.26. The van der Waals surface area contributed by atoms with Crippen molar-refractivity contribution in [1.82, 2.24) is 5.32 Å². The van der Waals surface area contributed by atoms with Gasteiger partial charge in [-0.05, 0) is 56.1 Å². The molecular formula is C17H27N. The van der Waals surface area contributed by atoms with E-state index in [1.165, 1.54) is 30.4 Å². The molecule has 0 bridgehead atoms. The van der Waals surface area contributed by atoms with Crippen LogP contribution in [0.3, 0.4) is 0 Å². The van der Waals surface area contributed by atoms with E-state index in [1.54, 1.807) is 0 Å². The van der Waals surface area contributed by atoms with Crippen molar-refractivity contribution < 1.29 is 0 Å². The van der Waals surface area contributed by atoms with Crippen molar-refractivity contribution in [1.29, 1.82) is 0 Å². The van der Waals surface area contributed by atoms with Gasteiger partial charge in [-0.1, -0.05) is 38.1 Å². The molecule has 1 fully saturated rings. The molecule has 18 heavy (non-hydrogen) atoms. The highest BCUT2D eigenvalue weighted by Crippen LogP contribution is 2.30. The maximum absolute atomic E-state index is 3.85. The quantitative estimate of drug-likeness (QED) is 0.828. The van der Waals surface area contributed by atoms with E-state index < -0.39 is 0 Å². The molecular weight excluding hydrogens is 218 g/mol. The molecule has 0 aliphatic heterocycles. The average molecular weight is 245 g/mol. The molecule has 0 saturated heterocycles. The Morgan fingerprint density at radius 3 is 2.56 bits per heavy atom. The molecule has 2 rings (SSSR count). The summed E-state index contributed by atoms with van der Waals surface area (Å²) >= 11 is 0. The van der Waals surface area contributed by atoms with Crippen molar-refractivity contribution >= 4 is 0 Å². The lowest BCUT2D eigenvalue weighted by Gasteiger charge is -2.35. The van der Waals surface area contributed by atoms with E-state index in [4.69, 9.17) is 0 Å². The lowest BCUT2D eigenvalue weighted by molar-refractivity contribution is 0.216. The zero-order chi connectivity index (χ0) is 13.1. The van der Waals surface area contributed by atoms with Crippen LogP contribution in [0, 0.1) is 18.8 Å². The summed E-state index contributed by atoms with van der Waals surface area (Å²) in [6.45, 7) is 9.29. The van der Waals surface area contributed by atoms with Crippen LogP contribution in [0.2, 0.25) is 0 Å². The fourth-order valence-corrected chi connectivity index (χ4v) is 3.40. The minimum Gasteiger partial charge on any atom is -0.307 e. The van der Waals surface area contributed by atoms with Crippen LogP contribution >= 0.6 is 0 Å². The number of hydrogen-bond donors (Lipinski definition) is 1. The minimum absolute atomic E-state index is 0.465.